The van der Waals surface area contributed by atoms with Gasteiger partial charge >= 0.3 is 5.97 Å². The van der Waals surface area contributed by atoms with Gasteiger partial charge in [-0.15, -0.1) is 11.3 Å². The zero-order valence-electron chi connectivity index (χ0n) is 7.48. The Morgan fingerprint density at radius 1 is 1.57 bits per heavy atom. The molecule has 72 valence electrons. The zero-order valence-corrected chi connectivity index (χ0v) is 8.30. The molecule has 0 bridgehead atoms. The summed E-state index contributed by atoms with van der Waals surface area (Å²) in [5.74, 6) is -0.342. The number of hydrogen-bond acceptors (Lipinski definition) is 5. The van der Waals surface area contributed by atoms with Crippen molar-refractivity contribution in [3.8, 4) is 0 Å². The van der Waals surface area contributed by atoms with Gasteiger partial charge in [-0.3, -0.25) is 4.98 Å². The fourth-order valence-corrected chi connectivity index (χ4v) is 2.16. The Labute approximate surface area is 84.3 Å². The molecule has 0 aliphatic carbocycles. The Balaban J connectivity index is 2.62. The summed E-state index contributed by atoms with van der Waals surface area (Å²) < 4.78 is 5.51. The van der Waals surface area contributed by atoms with Crippen LogP contribution in [0.15, 0.2) is 18.5 Å². The summed E-state index contributed by atoms with van der Waals surface area (Å²) in [4.78, 5) is 15.7. The Hall–Kier alpha value is -1.62. The van der Waals surface area contributed by atoms with E-state index in [1.54, 1.807) is 18.5 Å². The number of carbonyl (C=O) groups excluding carboxylic acids is 1. The van der Waals surface area contributed by atoms with Crippen LogP contribution in [0.25, 0.3) is 10.1 Å². The summed E-state index contributed by atoms with van der Waals surface area (Å²) in [6.07, 6.45) is 3.25. The molecule has 0 amide bonds. The van der Waals surface area contributed by atoms with Crippen LogP contribution in [0.2, 0.25) is 0 Å². The molecule has 2 N–H and O–H groups in total. The van der Waals surface area contributed by atoms with Crippen molar-refractivity contribution in [2.75, 3.05) is 12.8 Å². The summed E-state index contributed by atoms with van der Waals surface area (Å²) in [6.45, 7) is 0. The minimum Gasteiger partial charge on any atom is -0.465 e. The molecule has 14 heavy (non-hydrogen) atoms. The van der Waals surface area contributed by atoms with Crippen molar-refractivity contribution < 1.29 is 9.53 Å². The van der Waals surface area contributed by atoms with Crippen LogP contribution in [0.3, 0.4) is 0 Å². The van der Waals surface area contributed by atoms with E-state index in [1.165, 1.54) is 18.4 Å². The van der Waals surface area contributed by atoms with Crippen molar-refractivity contribution in [1.82, 2.24) is 4.98 Å². The smallest absolute Gasteiger partial charge is 0.348 e. The molecule has 0 saturated carbocycles. The minimum atomic E-state index is -0.342. The van der Waals surface area contributed by atoms with Crippen molar-refractivity contribution in [2.24, 2.45) is 0 Å². The lowest BCUT2D eigenvalue weighted by Gasteiger charge is -1.91. The number of nitrogen functional groups attached to an aromatic ring is 1. The number of nitrogens with zero attached hydrogens (tertiary/aromatic N) is 1. The molecule has 0 fully saturated rings. The predicted octanol–water partition coefficient (Wildman–Crippen LogP) is 1.67. The fraction of sp³-hybridized carbons (Fsp3) is 0.111. The average molecular weight is 208 g/mol. The van der Waals surface area contributed by atoms with Crippen LogP contribution in [0, 0.1) is 0 Å². The zero-order chi connectivity index (χ0) is 10.1. The standard InChI is InChI=1S/C9H8N2O2S/c1-13-9(12)7-2-5-6(10)3-11-4-8(5)14-7/h2-4H,10H2,1H3. The second-order valence-corrected chi connectivity index (χ2v) is 3.83. The molecule has 0 unspecified atom stereocenters. The van der Waals surface area contributed by atoms with Crippen LogP contribution in [0.1, 0.15) is 9.67 Å². The lowest BCUT2D eigenvalue weighted by molar-refractivity contribution is 0.0606. The number of aromatic nitrogens is 1. The number of esters is 1. The molecule has 4 nitrogen and oxygen atoms in total. The molecule has 2 heterocycles. The number of nitrogens with two attached hydrogens (primary N) is 1. The van der Waals surface area contributed by atoms with Gasteiger partial charge in [-0.1, -0.05) is 0 Å². The van der Waals surface area contributed by atoms with E-state index in [4.69, 9.17) is 5.73 Å². The Morgan fingerprint density at radius 2 is 2.36 bits per heavy atom. The van der Waals surface area contributed by atoms with E-state index in [9.17, 15) is 4.79 Å². The second-order valence-electron chi connectivity index (χ2n) is 2.74. The van der Waals surface area contributed by atoms with Gasteiger partial charge in [0, 0.05) is 11.6 Å². The van der Waals surface area contributed by atoms with E-state index >= 15 is 0 Å². The third-order valence-electron chi connectivity index (χ3n) is 1.86. The van der Waals surface area contributed by atoms with Crippen molar-refractivity contribution >= 4 is 33.1 Å². The van der Waals surface area contributed by atoms with Gasteiger partial charge in [-0.25, -0.2) is 4.79 Å². The number of thiophene rings is 1. The highest BCUT2D eigenvalue weighted by Gasteiger charge is 2.11. The van der Waals surface area contributed by atoms with Gasteiger partial charge in [-0.05, 0) is 6.07 Å². The number of anilines is 1. The quantitative estimate of drug-likeness (QED) is 0.724. The van der Waals surface area contributed by atoms with Crippen LogP contribution < -0.4 is 5.73 Å². The third kappa shape index (κ3) is 1.31. The molecular weight excluding hydrogens is 200 g/mol. The van der Waals surface area contributed by atoms with Gasteiger partial charge in [0.2, 0.25) is 0 Å². The highest BCUT2D eigenvalue weighted by atomic mass is 32.1. The van der Waals surface area contributed by atoms with Crippen molar-refractivity contribution in [1.29, 1.82) is 0 Å². The summed E-state index contributed by atoms with van der Waals surface area (Å²) >= 11 is 1.33. The maximum atomic E-state index is 11.2. The third-order valence-corrected chi connectivity index (χ3v) is 2.91. The van der Waals surface area contributed by atoms with Crippen LogP contribution >= 0.6 is 11.3 Å². The average Bonchev–Trinajstić information content (AvgIpc) is 2.62. The lowest BCUT2D eigenvalue weighted by atomic mass is 10.3. The van der Waals surface area contributed by atoms with Gasteiger partial charge in [0.25, 0.3) is 0 Å². The van der Waals surface area contributed by atoms with E-state index in [0.29, 0.717) is 10.6 Å². The van der Waals surface area contributed by atoms with Gasteiger partial charge in [0.05, 0.1) is 23.7 Å². The molecule has 2 aromatic heterocycles. The van der Waals surface area contributed by atoms with Gasteiger partial charge < -0.3 is 10.5 Å². The first kappa shape index (κ1) is 8.96. The Morgan fingerprint density at radius 3 is 3.00 bits per heavy atom. The van der Waals surface area contributed by atoms with Gasteiger partial charge in [0.15, 0.2) is 0 Å². The fourth-order valence-electron chi connectivity index (χ4n) is 1.18. The molecule has 0 saturated heterocycles. The number of pyridine rings is 1. The molecule has 0 atom stereocenters. The first-order valence-corrected chi connectivity index (χ1v) is 4.75. The molecule has 2 rings (SSSR count). The molecule has 0 aliphatic heterocycles. The molecule has 0 aliphatic rings. The summed E-state index contributed by atoms with van der Waals surface area (Å²) in [5.41, 5.74) is 6.28. The molecular formula is C9H8N2O2S. The Kier molecular flexibility index (Phi) is 2.09. The van der Waals surface area contributed by atoms with E-state index < -0.39 is 0 Å². The van der Waals surface area contributed by atoms with E-state index in [2.05, 4.69) is 9.72 Å². The van der Waals surface area contributed by atoms with Gasteiger partial charge in [-0.2, -0.15) is 0 Å². The van der Waals surface area contributed by atoms with Gasteiger partial charge in [0.1, 0.15) is 4.88 Å². The number of hydrogen-bond donors (Lipinski definition) is 1. The summed E-state index contributed by atoms with van der Waals surface area (Å²) in [5, 5.41) is 0.852. The van der Waals surface area contributed by atoms with Crippen LogP contribution in [-0.2, 0) is 4.74 Å². The second kappa shape index (κ2) is 3.26. The number of ether oxygens (including phenoxy) is 1. The van der Waals surface area contributed by atoms with E-state index in [-0.39, 0.29) is 5.97 Å². The number of methoxy groups -OCH3 is 1. The maximum Gasteiger partial charge on any atom is 0.348 e. The molecule has 5 heteroatoms. The molecule has 0 radical (unpaired) electrons. The summed E-state index contributed by atoms with van der Waals surface area (Å²) in [6, 6.07) is 1.73. The highest BCUT2D eigenvalue weighted by molar-refractivity contribution is 7.20. The highest BCUT2D eigenvalue weighted by Crippen LogP contribution is 2.28. The first-order chi connectivity index (χ1) is 6.72. The maximum absolute atomic E-state index is 11.2. The molecule has 0 spiro atoms. The van der Waals surface area contributed by atoms with Crippen molar-refractivity contribution in [3.63, 3.8) is 0 Å². The van der Waals surface area contributed by atoms with Crippen LogP contribution in [-0.4, -0.2) is 18.1 Å². The predicted molar refractivity (Wildman–Crippen MR) is 55.4 cm³/mol. The SMILES string of the molecule is COC(=O)c1cc2c(N)cncc2s1. The topological polar surface area (TPSA) is 65.2 Å². The molecule has 0 aromatic carbocycles. The number of carbonyl (C=O) groups is 1. The minimum absolute atomic E-state index is 0.342. The van der Waals surface area contributed by atoms with Crippen molar-refractivity contribution in [2.45, 2.75) is 0 Å². The number of rotatable bonds is 1. The van der Waals surface area contributed by atoms with Crippen LogP contribution in [0.5, 0.6) is 0 Å². The van der Waals surface area contributed by atoms with E-state index in [1.807, 2.05) is 0 Å². The largest absolute Gasteiger partial charge is 0.465 e. The monoisotopic (exact) mass is 208 g/mol. The molecule has 2 aromatic rings. The van der Waals surface area contributed by atoms with Crippen molar-refractivity contribution in [3.05, 3.63) is 23.3 Å². The van der Waals surface area contributed by atoms with E-state index in [0.717, 1.165) is 10.1 Å². The lowest BCUT2D eigenvalue weighted by Crippen LogP contribution is -1.96. The Bertz CT molecular complexity index is 493. The summed E-state index contributed by atoms with van der Waals surface area (Å²) in [7, 11) is 1.36. The number of fused-ring (bicyclic) bond motifs is 1. The van der Waals surface area contributed by atoms with Crippen LogP contribution in [0.4, 0.5) is 5.69 Å². The first-order valence-electron chi connectivity index (χ1n) is 3.93. The normalized spacial score (nSPS) is 10.4.